The Morgan fingerprint density at radius 3 is 2.89 bits per heavy atom. The van der Waals surface area contributed by atoms with Gasteiger partial charge in [0.1, 0.15) is 12.0 Å². The topological polar surface area (TPSA) is 91.4 Å². The molecule has 0 saturated carbocycles. The first kappa shape index (κ1) is 13.9. The Hall–Kier alpha value is -2.18. The minimum Gasteiger partial charge on any atom is -0.461 e. The van der Waals surface area contributed by atoms with Crippen molar-refractivity contribution in [3.05, 3.63) is 28.1 Å². The first-order chi connectivity index (χ1) is 8.60. The van der Waals surface area contributed by atoms with Crippen LogP contribution in [-0.2, 0) is 16.1 Å². The van der Waals surface area contributed by atoms with Crippen LogP contribution in [0, 0.1) is 10.1 Å². The van der Waals surface area contributed by atoms with E-state index >= 15 is 0 Å². The first-order valence-electron chi connectivity index (χ1n) is 5.55. The van der Waals surface area contributed by atoms with Crippen LogP contribution in [0.5, 0.6) is 0 Å². The number of carbonyl (C=O) groups is 2. The highest BCUT2D eigenvalue weighted by Crippen LogP contribution is 2.18. The van der Waals surface area contributed by atoms with Crippen molar-refractivity contribution in [1.82, 2.24) is 4.57 Å². The first-order valence-corrected chi connectivity index (χ1v) is 5.55. The van der Waals surface area contributed by atoms with Crippen LogP contribution in [0.4, 0.5) is 5.69 Å². The number of nitrogens with zero attached hydrogens (tertiary/aromatic N) is 2. The molecule has 18 heavy (non-hydrogen) atoms. The van der Waals surface area contributed by atoms with E-state index in [1.54, 1.807) is 6.92 Å². The molecular weight excluding hydrogens is 240 g/mol. The van der Waals surface area contributed by atoms with E-state index < -0.39 is 10.9 Å². The fourth-order valence-electron chi connectivity index (χ4n) is 1.50. The molecule has 0 amide bonds. The Labute approximate surface area is 103 Å². The van der Waals surface area contributed by atoms with E-state index in [0.717, 1.165) is 6.29 Å². The zero-order chi connectivity index (χ0) is 13.5. The summed E-state index contributed by atoms with van der Waals surface area (Å²) in [5.74, 6) is -0.600. The smallest absolute Gasteiger partial charge is 0.355 e. The summed E-state index contributed by atoms with van der Waals surface area (Å²) < 4.78 is 6.26. The molecule has 1 rings (SSSR count). The highest BCUT2D eigenvalue weighted by molar-refractivity contribution is 5.88. The number of carbonyl (C=O) groups excluding carboxylic acids is 2. The Morgan fingerprint density at radius 1 is 1.61 bits per heavy atom. The number of hydrogen-bond donors (Lipinski definition) is 0. The number of esters is 1. The molecule has 0 saturated heterocycles. The van der Waals surface area contributed by atoms with Crippen LogP contribution in [0.15, 0.2) is 12.3 Å². The Kier molecular flexibility index (Phi) is 5.04. The van der Waals surface area contributed by atoms with Gasteiger partial charge in [0.05, 0.1) is 17.7 Å². The van der Waals surface area contributed by atoms with Gasteiger partial charge in [-0.05, 0) is 13.3 Å². The maximum Gasteiger partial charge on any atom is 0.355 e. The molecule has 0 spiro atoms. The minimum atomic E-state index is -0.600. The third-order valence-corrected chi connectivity index (χ3v) is 2.30. The summed E-state index contributed by atoms with van der Waals surface area (Å²) in [6, 6.07) is 1.18. The quantitative estimate of drug-likeness (QED) is 0.242. The van der Waals surface area contributed by atoms with E-state index in [9.17, 15) is 19.7 Å². The summed E-state index contributed by atoms with van der Waals surface area (Å²) in [5.41, 5.74) is -0.0291. The third kappa shape index (κ3) is 3.41. The number of hydrogen-bond acceptors (Lipinski definition) is 5. The standard InChI is InChI=1S/C11H14N2O5/c1-2-18-11(15)10-7-9(13(16)17)8-12(10)5-3-4-6-14/h6-8H,2-5H2,1H3. The lowest BCUT2D eigenvalue weighted by molar-refractivity contribution is -0.384. The van der Waals surface area contributed by atoms with Gasteiger partial charge in [0.15, 0.2) is 0 Å². The number of aromatic nitrogens is 1. The Bertz CT molecular complexity index is 452. The lowest BCUT2D eigenvalue weighted by Gasteiger charge is -2.06. The summed E-state index contributed by atoms with van der Waals surface area (Å²) in [4.78, 5) is 31.9. The normalized spacial score (nSPS) is 10.1. The number of ether oxygens (including phenoxy) is 1. The molecule has 0 N–H and O–H groups in total. The van der Waals surface area contributed by atoms with Gasteiger partial charge in [-0.3, -0.25) is 10.1 Å². The molecule has 1 aromatic rings. The lowest BCUT2D eigenvalue weighted by atomic mass is 10.3. The van der Waals surface area contributed by atoms with E-state index in [1.165, 1.54) is 16.8 Å². The molecule has 0 aliphatic heterocycles. The molecule has 0 atom stereocenters. The third-order valence-electron chi connectivity index (χ3n) is 2.30. The molecular formula is C11H14N2O5. The van der Waals surface area contributed by atoms with Crippen molar-refractivity contribution in [2.75, 3.05) is 6.61 Å². The molecule has 0 fully saturated rings. The minimum absolute atomic E-state index is 0.134. The fourth-order valence-corrected chi connectivity index (χ4v) is 1.50. The van der Waals surface area contributed by atoms with E-state index in [4.69, 9.17) is 4.74 Å². The highest BCUT2D eigenvalue weighted by atomic mass is 16.6. The van der Waals surface area contributed by atoms with Gasteiger partial charge in [-0.15, -0.1) is 0 Å². The molecule has 0 aromatic carbocycles. The van der Waals surface area contributed by atoms with Gasteiger partial charge in [-0.25, -0.2) is 4.79 Å². The molecule has 0 radical (unpaired) electrons. The second kappa shape index (κ2) is 6.53. The van der Waals surface area contributed by atoms with Crippen LogP contribution < -0.4 is 0 Å². The second-order valence-corrected chi connectivity index (χ2v) is 3.56. The van der Waals surface area contributed by atoms with Crippen molar-refractivity contribution in [2.45, 2.75) is 26.3 Å². The van der Waals surface area contributed by atoms with Gasteiger partial charge in [0.25, 0.3) is 5.69 Å². The molecule has 0 bridgehead atoms. The summed E-state index contributed by atoms with van der Waals surface area (Å²) in [7, 11) is 0. The monoisotopic (exact) mass is 254 g/mol. The number of rotatable bonds is 7. The highest BCUT2D eigenvalue weighted by Gasteiger charge is 2.19. The van der Waals surface area contributed by atoms with E-state index in [0.29, 0.717) is 19.4 Å². The van der Waals surface area contributed by atoms with Crippen LogP contribution >= 0.6 is 0 Å². The molecule has 1 aromatic heterocycles. The molecule has 0 aliphatic carbocycles. The SMILES string of the molecule is CCOC(=O)c1cc([N+](=O)[O-])cn1CCCC=O. The summed E-state index contributed by atoms with van der Waals surface area (Å²) in [6.45, 7) is 2.22. The Morgan fingerprint density at radius 2 is 2.33 bits per heavy atom. The number of nitro groups is 1. The van der Waals surface area contributed by atoms with Crippen molar-refractivity contribution >= 4 is 17.9 Å². The largest absolute Gasteiger partial charge is 0.461 e. The van der Waals surface area contributed by atoms with E-state index in [2.05, 4.69) is 0 Å². The molecule has 0 aliphatic rings. The molecule has 7 nitrogen and oxygen atoms in total. The molecule has 0 unspecified atom stereocenters. The van der Waals surface area contributed by atoms with Crippen LogP contribution in [-0.4, -0.2) is 28.4 Å². The summed E-state index contributed by atoms with van der Waals surface area (Å²) in [5, 5.41) is 10.7. The summed E-state index contributed by atoms with van der Waals surface area (Å²) in [6.07, 6.45) is 2.90. The van der Waals surface area contributed by atoms with Gasteiger partial charge in [0.2, 0.25) is 0 Å². The van der Waals surface area contributed by atoms with Crippen molar-refractivity contribution in [3.8, 4) is 0 Å². The van der Waals surface area contributed by atoms with Gasteiger partial charge < -0.3 is 14.1 Å². The second-order valence-electron chi connectivity index (χ2n) is 3.56. The summed E-state index contributed by atoms with van der Waals surface area (Å²) >= 11 is 0. The van der Waals surface area contributed by atoms with Gasteiger partial charge in [0, 0.05) is 19.0 Å². The van der Waals surface area contributed by atoms with Crippen LogP contribution in [0.3, 0.4) is 0 Å². The van der Waals surface area contributed by atoms with Crippen LogP contribution in [0.2, 0.25) is 0 Å². The van der Waals surface area contributed by atoms with E-state index in [-0.39, 0.29) is 18.0 Å². The number of aryl methyl sites for hydroxylation is 1. The van der Waals surface area contributed by atoms with Gasteiger partial charge >= 0.3 is 5.97 Å². The zero-order valence-electron chi connectivity index (χ0n) is 10.00. The average Bonchev–Trinajstić information content (AvgIpc) is 2.74. The maximum atomic E-state index is 11.6. The number of aldehydes is 1. The fraction of sp³-hybridized carbons (Fsp3) is 0.455. The van der Waals surface area contributed by atoms with Gasteiger partial charge in [-0.1, -0.05) is 0 Å². The zero-order valence-corrected chi connectivity index (χ0v) is 10.00. The molecule has 1 heterocycles. The number of unbranched alkanes of at least 4 members (excludes halogenated alkanes) is 1. The Balaban J connectivity index is 2.93. The van der Waals surface area contributed by atoms with Crippen LogP contribution in [0.1, 0.15) is 30.3 Å². The van der Waals surface area contributed by atoms with Crippen molar-refractivity contribution in [2.24, 2.45) is 0 Å². The lowest BCUT2D eigenvalue weighted by Crippen LogP contribution is -2.11. The maximum absolute atomic E-state index is 11.6. The van der Waals surface area contributed by atoms with E-state index in [1.807, 2.05) is 0 Å². The predicted octanol–water partition coefficient (Wildman–Crippen LogP) is 1.55. The van der Waals surface area contributed by atoms with Crippen molar-refractivity contribution in [3.63, 3.8) is 0 Å². The predicted molar refractivity (Wildman–Crippen MR) is 62.3 cm³/mol. The average molecular weight is 254 g/mol. The van der Waals surface area contributed by atoms with Crippen LogP contribution in [0.25, 0.3) is 0 Å². The van der Waals surface area contributed by atoms with Gasteiger partial charge in [-0.2, -0.15) is 0 Å². The van der Waals surface area contributed by atoms with Crippen molar-refractivity contribution < 1.29 is 19.2 Å². The molecule has 7 heteroatoms. The van der Waals surface area contributed by atoms with Crippen molar-refractivity contribution in [1.29, 1.82) is 0 Å². The molecule has 98 valence electrons.